The summed E-state index contributed by atoms with van der Waals surface area (Å²) in [6.07, 6.45) is 6.53. The van der Waals surface area contributed by atoms with Crippen molar-refractivity contribution in [2.75, 3.05) is 19.7 Å². The van der Waals surface area contributed by atoms with E-state index in [4.69, 9.17) is 4.74 Å². The van der Waals surface area contributed by atoms with Gasteiger partial charge in [-0.3, -0.25) is 0 Å². The minimum absolute atomic E-state index is 0.317. The third-order valence-corrected chi connectivity index (χ3v) is 4.05. The van der Waals surface area contributed by atoms with Crippen LogP contribution >= 0.6 is 0 Å². The van der Waals surface area contributed by atoms with Gasteiger partial charge in [-0.1, -0.05) is 38.1 Å². The van der Waals surface area contributed by atoms with Gasteiger partial charge in [-0.2, -0.15) is 0 Å². The van der Waals surface area contributed by atoms with Gasteiger partial charge in [0.15, 0.2) is 0 Å². The second kappa shape index (κ2) is 8.43. The fourth-order valence-corrected chi connectivity index (χ4v) is 2.92. The number of fused-ring (bicyclic) bond motifs is 1. The molecule has 0 heterocycles. The summed E-state index contributed by atoms with van der Waals surface area (Å²) in [4.78, 5) is 0. The number of benzene rings is 1. The van der Waals surface area contributed by atoms with E-state index < -0.39 is 0 Å². The molecule has 0 amide bonds. The maximum absolute atomic E-state index is 6.07. The van der Waals surface area contributed by atoms with Crippen LogP contribution in [-0.4, -0.2) is 19.7 Å². The number of rotatable bonds is 8. The number of nitrogens with one attached hydrogen (secondary N) is 1. The molecule has 112 valence electrons. The zero-order valence-corrected chi connectivity index (χ0v) is 13.0. The van der Waals surface area contributed by atoms with Crippen LogP contribution in [0.3, 0.4) is 0 Å². The molecule has 0 fully saturated rings. The molecule has 1 aromatic carbocycles. The second-order valence-electron chi connectivity index (χ2n) is 6.24. The molecule has 2 heteroatoms. The molecule has 0 aliphatic heterocycles. The first-order valence-corrected chi connectivity index (χ1v) is 8.17. The first kappa shape index (κ1) is 15.5. The standard InChI is InChI=1S/C18H29NO/c1-15(2)7-6-12-19-13-14-20-18-11-5-9-16-8-3-4-10-17(16)18/h3-4,8,10,15,18-19H,5-7,9,11-14H2,1-2H3. The van der Waals surface area contributed by atoms with Crippen LogP contribution in [0.1, 0.15) is 56.8 Å². The molecule has 1 aliphatic rings. The van der Waals surface area contributed by atoms with Gasteiger partial charge in [-0.25, -0.2) is 0 Å². The van der Waals surface area contributed by atoms with E-state index >= 15 is 0 Å². The Morgan fingerprint density at radius 3 is 2.95 bits per heavy atom. The number of hydrogen-bond acceptors (Lipinski definition) is 2. The average Bonchev–Trinajstić information content (AvgIpc) is 2.46. The Balaban J connectivity index is 1.63. The molecule has 20 heavy (non-hydrogen) atoms. The van der Waals surface area contributed by atoms with Crippen molar-refractivity contribution in [1.82, 2.24) is 5.32 Å². The fourth-order valence-electron chi connectivity index (χ4n) is 2.92. The normalized spacial score (nSPS) is 18.2. The molecule has 0 radical (unpaired) electrons. The number of hydrogen-bond donors (Lipinski definition) is 1. The van der Waals surface area contributed by atoms with E-state index in [1.165, 1.54) is 43.2 Å². The van der Waals surface area contributed by atoms with E-state index in [-0.39, 0.29) is 0 Å². The van der Waals surface area contributed by atoms with Crippen molar-refractivity contribution in [2.24, 2.45) is 5.92 Å². The lowest BCUT2D eigenvalue weighted by Crippen LogP contribution is -2.23. The van der Waals surface area contributed by atoms with Crippen molar-refractivity contribution in [3.05, 3.63) is 35.4 Å². The van der Waals surface area contributed by atoms with E-state index in [2.05, 4.69) is 43.4 Å². The molecular formula is C18H29NO. The van der Waals surface area contributed by atoms with Crippen LogP contribution < -0.4 is 5.32 Å². The highest BCUT2D eigenvalue weighted by Gasteiger charge is 2.19. The predicted molar refractivity (Wildman–Crippen MR) is 85.0 cm³/mol. The van der Waals surface area contributed by atoms with E-state index in [0.717, 1.165) is 25.6 Å². The minimum Gasteiger partial charge on any atom is -0.372 e. The lowest BCUT2D eigenvalue weighted by atomic mass is 9.89. The lowest BCUT2D eigenvalue weighted by Gasteiger charge is -2.25. The molecule has 0 bridgehead atoms. The molecule has 0 spiro atoms. The lowest BCUT2D eigenvalue weighted by molar-refractivity contribution is 0.0427. The summed E-state index contributed by atoms with van der Waals surface area (Å²) in [6, 6.07) is 8.74. The molecular weight excluding hydrogens is 246 g/mol. The quantitative estimate of drug-likeness (QED) is 0.721. The SMILES string of the molecule is CC(C)CCCNCCOC1CCCc2ccccc21. The van der Waals surface area contributed by atoms with Gasteiger partial charge in [0.05, 0.1) is 12.7 Å². The van der Waals surface area contributed by atoms with E-state index in [0.29, 0.717) is 6.10 Å². The maximum atomic E-state index is 6.07. The molecule has 1 unspecified atom stereocenters. The predicted octanol–water partition coefficient (Wildman–Crippen LogP) is 4.11. The van der Waals surface area contributed by atoms with Crippen LogP contribution in [0.15, 0.2) is 24.3 Å². The van der Waals surface area contributed by atoms with Gasteiger partial charge in [0, 0.05) is 6.54 Å². The Kier molecular flexibility index (Phi) is 6.55. The summed E-state index contributed by atoms with van der Waals surface area (Å²) in [5.41, 5.74) is 2.90. The van der Waals surface area contributed by atoms with Crippen LogP contribution in [0.5, 0.6) is 0 Å². The summed E-state index contributed by atoms with van der Waals surface area (Å²) in [5, 5.41) is 3.48. The maximum Gasteiger partial charge on any atom is 0.0828 e. The van der Waals surface area contributed by atoms with E-state index in [1.54, 1.807) is 0 Å². The third kappa shape index (κ3) is 4.92. The summed E-state index contributed by atoms with van der Waals surface area (Å²) < 4.78 is 6.07. The van der Waals surface area contributed by atoms with Crippen LogP contribution in [0.2, 0.25) is 0 Å². The van der Waals surface area contributed by atoms with Gasteiger partial charge < -0.3 is 10.1 Å². The monoisotopic (exact) mass is 275 g/mol. The van der Waals surface area contributed by atoms with Crippen molar-refractivity contribution in [2.45, 2.75) is 52.1 Å². The minimum atomic E-state index is 0.317. The van der Waals surface area contributed by atoms with Crippen molar-refractivity contribution >= 4 is 0 Å². The Morgan fingerprint density at radius 1 is 1.25 bits per heavy atom. The molecule has 1 aliphatic carbocycles. The molecule has 1 atom stereocenters. The molecule has 2 rings (SSSR count). The average molecular weight is 275 g/mol. The molecule has 0 aromatic heterocycles. The fraction of sp³-hybridized carbons (Fsp3) is 0.667. The van der Waals surface area contributed by atoms with Crippen molar-refractivity contribution < 1.29 is 4.74 Å². The van der Waals surface area contributed by atoms with Crippen LogP contribution in [0, 0.1) is 5.92 Å². The summed E-state index contributed by atoms with van der Waals surface area (Å²) in [7, 11) is 0. The Hall–Kier alpha value is -0.860. The highest BCUT2D eigenvalue weighted by atomic mass is 16.5. The summed E-state index contributed by atoms with van der Waals surface area (Å²) >= 11 is 0. The van der Waals surface area contributed by atoms with Gasteiger partial charge in [0.1, 0.15) is 0 Å². The van der Waals surface area contributed by atoms with Gasteiger partial charge in [0.25, 0.3) is 0 Å². The molecule has 0 saturated carbocycles. The largest absolute Gasteiger partial charge is 0.372 e. The zero-order valence-electron chi connectivity index (χ0n) is 13.0. The number of ether oxygens (including phenoxy) is 1. The summed E-state index contributed by atoms with van der Waals surface area (Å²) in [6.45, 7) is 7.47. The van der Waals surface area contributed by atoms with Gasteiger partial charge >= 0.3 is 0 Å². The number of aryl methyl sites for hydroxylation is 1. The van der Waals surface area contributed by atoms with Crippen LogP contribution in [0.4, 0.5) is 0 Å². The Morgan fingerprint density at radius 2 is 2.10 bits per heavy atom. The first-order chi connectivity index (χ1) is 9.77. The van der Waals surface area contributed by atoms with Crippen LogP contribution in [0.25, 0.3) is 0 Å². The van der Waals surface area contributed by atoms with Crippen LogP contribution in [-0.2, 0) is 11.2 Å². The topological polar surface area (TPSA) is 21.3 Å². The van der Waals surface area contributed by atoms with Crippen molar-refractivity contribution in [3.8, 4) is 0 Å². The van der Waals surface area contributed by atoms with Gasteiger partial charge in [0.2, 0.25) is 0 Å². The first-order valence-electron chi connectivity index (χ1n) is 8.17. The Bertz CT molecular complexity index is 389. The highest BCUT2D eigenvalue weighted by molar-refractivity contribution is 5.31. The molecule has 1 aromatic rings. The van der Waals surface area contributed by atoms with E-state index in [1.807, 2.05) is 0 Å². The van der Waals surface area contributed by atoms with Gasteiger partial charge in [-0.05, 0) is 55.7 Å². The zero-order chi connectivity index (χ0) is 14.2. The Labute approximate surface area is 123 Å². The summed E-state index contributed by atoms with van der Waals surface area (Å²) in [5.74, 6) is 0.812. The van der Waals surface area contributed by atoms with Crippen molar-refractivity contribution in [1.29, 1.82) is 0 Å². The van der Waals surface area contributed by atoms with Gasteiger partial charge in [-0.15, -0.1) is 0 Å². The van der Waals surface area contributed by atoms with Crippen molar-refractivity contribution in [3.63, 3.8) is 0 Å². The highest BCUT2D eigenvalue weighted by Crippen LogP contribution is 2.31. The molecule has 1 N–H and O–H groups in total. The van der Waals surface area contributed by atoms with E-state index in [9.17, 15) is 0 Å². The molecule has 0 saturated heterocycles. The third-order valence-electron chi connectivity index (χ3n) is 4.05. The molecule has 2 nitrogen and oxygen atoms in total. The second-order valence-corrected chi connectivity index (χ2v) is 6.24. The smallest absolute Gasteiger partial charge is 0.0828 e.